The number of aromatic nitrogens is 6. The third kappa shape index (κ3) is 5.50. The molecule has 3 heterocycles. The molecular formula is C22H25Cl2N9. The van der Waals surface area contributed by atoms with E-state index in [2.05, 4.69) is 40.8 Å². The standard InChI is InChI=1S/C22H24ClN9.ClH/c23-14-3-1-2-13(10-14)11-26-21-25-9-8-18(29-21)19-17-12-27-22(30-20(17)32-31-19)28-16-6-4-15(24)5-7-16;/h1-3,8-10,12,15-16H,4-7,11,24H2,(H,25,26,29)(H2,27,28,30,31,32);1H. The van der Waals surface area contributed by atoms with Crippen molar-refractivity contribution >= 4 is 46.9 Å². The maximum atomic E-state index is 6.05. The van der Waals surface area contributed by atoms with Gasteiger partial charge in [-0.25, -0.2) is 15.0 Å². The SMILES string of the molecule is Cl.NC1CCC(Nc2ncc3c(-c4ccnc(NCc5cccc(Cl)c5)n4)[nH]nc3n2)CC1. The van der Waals surface area contributed by atoms with Gasteiger partial charge in [-0.3, -0.25) is 5.10 Å². The lowest BCUT2D eigenvalue weighted by Crippen LogP contribution is -2.33. The monoisotopic (exact) mass is 485 g/mol. The van der Waals surface area contributed by atoms with E-state index >= 15 is 0 Å². The molecule has 1 fully saturated rings. The van der Waals surface area contributed by atoms with Crippen molar-refractivity contribution in [3.05, 3.63) is 53.3 Å². The first kappa shape index (κ1) is 23.2. The van der Waals surface area contributed by atoms with E-state index < -0.39 is 0 Å². The molecule has 1 aromatic carbocycles. The van der Waals surface area contributed by atoms with Gasteiger partial charge in [0.25, 0.3) is 0 Å². The highest BCUT2D eigenvalue weighted by Gasteiger charge is 2.20. The Morgan fingerprint density at radius 2 is 1.91 bits per heavy atom. The smallest absolute Gasteiger partial charge is 0.224 e. The van der Waals surface area contributed by atoms with Crippen molar-refractivity contribution in [1.82, 2.24) is 30.1 Å². The zero-order chi connectivity index (χ0) is 21.9. The Labute approximate surface area is 202 Å². The molecule has 5 rings (SSSR count). The zero-order valence-corrected chi connectivity index (χ0v) is 19.4. The summed E-state index contributed by atoms with van der Waals surface area (Å²) in [7, 11) is 0. The third-order valence-corrected chi connectivity index (χ3v) is 5.90. The van der Waals surface area contributed by atoms with E-state index in [1.54, 1.807) is 12.4 Å². The minimum absolute atomic E-state index is 0. The largest absolute Gasteiger partial charge is 0.351 e. The topological polar surface area (TPSA) is 130 Å². The first-order valence-electron chi connectivity index (χ1n) is 10.7. The summed E-state index contributed by atoms with van der Waals surface area (Å²) in [6.45, 7) is 0.567. The first-order valence-corrected chi connectivity index (χ1v) is 11.1. The van der Waals surface area contributed by atoms with Crippen molar-refractivity contribution in [3.63, 3.8) is 0 Å². The zero-order valence-electron chi connectivity index (χ0n) is 17.8. The molecule has 4 aromatic rings. The van der Waals surface area contributed by atoms with Crippen molar-refractivity contribution in [2.24, 2.45) is 5.73 Å². The predicted octanol–water partition coefficient (Wildman–Crippen LogP) is 4.18. The summed E-state index contributed by atoms with van der Waals surface area (Å²) >= 11 is 6.05. The Hall–Kier alpha value is -3.01. The molecule has 0 unspecified atom stereocenters. The van der Waals surface area contributed by atoms with Gasteiger partial charge < -0.3 is 16.4 Å². The van der Waals surface area contributed by atoms with Crippen LogP contribution in [0.1, 0.15) is 31.2 Å². The fourth-order valence-corrected chi connectivity index (χ4v) is 4.14. The summed E-state index contributed by atoms with van der Waals surface area (Å²) in [5.41, 5.74) is 9.10. The molecule has 0 atom stereocenters. The number of nitrogens with zero attached hydrogens (tertiary/aromatic N) is 5. The summed E-state index contributed by atoms with van der Waals surface area (Å²) < 4.78 is 0. The molecule has 0 radical (unpaired) electrons. The third-order valence-electron chi connectivity index (χ3n) is 5.67. The summed E-state index contributed by atoms with van der Waals surface area (Å²) in [6, 6.07) is 10.2. The molecule has 11 heteroatoms. The fraction of sp³-hybridized carbons (Fsp3) is 0.318. The van der Waals surface area contributed by atoms with Gasteiger partial charge in [0.1, 0.15) is 0 Å². The van der Waals surface area contributed by atoms with Gasteiger partial charge in [-0.1, -0.05) is 23.7 Å². The molecule has 5 N–H and O–H groups in total. The number of anilines is 2. The van der Waals surface area contributed by atoms with Gasteiger partial charge in [-0.2, -0.15) is 10.1 Å². The highest BCUT2D eigenvalue weighted by atomic mass is 35.5. The van der Waals surface area contributed by atoms with E-state index in [0.717, 1.165) is 42.3 Å². The second-order valence-corrected chi connectivity index (χ2v) is 8.47. The summed E-state index contributed by atoms with van der Waals surface area (Å²) in [4.78, 5) is 18.0. The van der Waals surface area contributed by atoms with Crippen LogP contribution in [0.25, 0.3) is 22.4 Å². The lowest BCUT2D eigenvalue weighted by molar-refractivity contribution is 0.410. The Morgan fingerprint density at radius 3 is 2.73 bits per heavy atom. The Kier molecular flexibility index (Phi) is 7.22. The van der Waals surface area contributed by atoms with Crippen molar-refractivity contribution in [1.29, 1.82) is 0 Å². The number of rotatable bonds is 6. The summed E-state index contributed by atoms with van der Waals surface area (Å²) in [6.07, 6.45) is 7.58. The van der Waals surface area contributed by atoms with Gasteiger partial charge in [0.2, 0.25) is 11.9 Å². The number of hydrogen-bond donors (Lipinski definition) is 4. The van der Waals surface area contributed by atoms with Crippen molar-refractivity contribution < 1.29 is 0 Å². The second-order valence-electron chi connectivity index (χ2n) is 8.03. The predicted molar refractivity (Wildman–Crippen MR) is 133 cm³/mol. The van der Waals surface area contributed by atoms with Crippen LogP contribution in [0, 0.1) is 0 Å². The van der Waals surface area contributed by atoms with E-state index in [9.17, 15) is 0 Å². The average molecular weight is 486 g/mol. The van der Waals surface area contributed by atoms with Crippen LogP contribution in [0.3, 0.4) is 0 Å². The molecule has 0 amide bonds. The molecule has 3 aromatic heterocycles. The summed E-state index contributed by atoms with van der Waals surface area (Å²) in [5, 5.41) is 15.6. The molecule has 0 spiro atoms. The molecule has 9 nitrogen and oxygen atoms in total. The molecule has 1 saturated carbocycles. The van der Waals surface area contributed by atoms with Gasteiger partial charge >= 0.3 is 0 Å². The lowest BCUT2D eigenvalue weighted by atomic mass is 9.92. The number of benzene rings is 1. The van der Waals surface area contributed by atoms with Gasteiger partial charge in [0.05, 0.1) is 16.8 Å². The first-order chi connectivity index (χ1) is 15.6. The molecule has 1 aliphatic carbocycles. The Bertz CT molecular complexity index is 1220. The molecule has 0 aliphatic heterocycles. The van der Waals surface area contributed by atoms with Crippen LogP contribution in [-0.4, -0.2) is 42.2 Å². The van der Waals surface area contributed by atoms with E-state index in [-0.39, 0.29) is 12.4 Å². The van der Waals surface area contributed by atoms with E-state index in [1.165, 1.54) is 0 Å². The molecule has 0 bridgehead atoms. The highest BCUT2D eigenvalue weighted by Crippen LogP contribution is 2.25. The number of aromatic amines is 1. The Balaban J connectivity index is 0.00000259. The molecule has 0 saturated heterocycles. The van der Waals surface area contributed by atoms with Crippen LogP contribution < -0.4 is 16.4 Å². The van der Waals surface area contributed by atoms with Crippen LogP contribution in [0.4, 0.5) is 11.9 Å². The molecular weight excluding hydrogens is 461 g/mol. The molecule has 1 aliphatic rings. The second kappa shape index (κ2) is 10.3. The van der Waals surface area contributed by atoms with Crippen LogP contribution in [0.2, 0.25) is 5.02 Å². The van der Waals surface area contributed by atoms with Gasteiger partial charge in [-0.05, 0) is 49.4 Å². The quantitative estimate of drug-likeness (QED) is 0.319. The van der Waals surface area contributed by atoms with Gasteiger partial charge in [0, 0.05) is 36.0 Å². The Morgan fingerprint density at radius 1 is 1.06 bits per heavy atom. The fourth-order valence-electron chi connectivity index (χ4n) is 3.93. The number of fused-ring (bicyclic) bond motifs is 1. The minimum atomic E-state index is 0. The number of nitrogens with two attached hydrogens (primary N) is 1. The van der Waals surface area contributed by atoms with Crippen LogP contribution in [-0.2, 0) is 6.54 Å². The molecule has 33 heavy (non-hydrogen) atoms. The van der Waals surface area contributed by atoms with Crippen LogP contribution >= 0.6 is 24.0 Å². The van der Waals surface area contributed by atoms with E-state index in [0.29, 0.717) is 46.9 Å². The normalized spacial score (nSPS) is 18.0. The maximum Gasteiger partial charge on any atom is 0.224 e. The van der Waals surface area contributed by atoms with Crippen molar-refractivity contribution in [3.8, 4) is 11.4 Å². The summed E-state index contributed by atoms with van der Waals surface area (Å²) in [5.74, 6) is 1.10. The lowest BCUT2D eigenvalue weighted by Gasteiger charge is -2.26. The number of halogens is 2. The van der Waals surface area contributed by atoms with Crippen LogP contribution in [0.5, 0.6) is 0 Å². The van der Waals surface area contributed by atoms with E-state index in [4.69, 9.17) is 17.3 Å². The van der Waals surface area contributed by atoms with Gasteiger partial charge in [-0.15, -0.1) is 12.4 Å². The van der Waals surface area contributed by atoms with E-state index in [1.807, 2.05) is 30.3 Å². The van der Waals surface area contributed by atoms with Crippen molar-refractivity contribution in [2.45, 2.75) is 44.3 Å². The maximum absolute atomic E-state index is 6.05. The average Bonchev–Trinajstić information content (AvgIpc) is 3.23. The number of nitrogens with one attached hydrogen (secondary N) is 3. The molecule has 172 valence electrons. The number of hydrogen-bond acceptors (Lipinski definition) is 8. The van der Waals surface area contributed by atoms with Crippen molar-refractivity contribution in [2.75, 3.05) is 10.6 Å². The highest BCUT2D eigenvalue weighted by molar-refractivity contribution is 6.30. The van der Waals surface area contributed by atoms with Gasteiger partial charge in [0.15, 0.2) is 5.65 Å². The number of H-pyrrole nitrogens is 1. The van der Waals surface area contributed by atoms with Crippen LogP contribution in [0.15, 0.2) is 42.7 Å². The minimum Gasteiger partial charge on any atom is -0.351 e.